The van der Waals surface area contributed by atoms with Crippen LogP contribution >= 0.6 is 0 Å². The number of methoxy groups -OCH3 is 1. The summed E-state index contributed by atoms with van der Waals surface area (Å²) in [5, 5.41) is 0. The Hall–Kier alpha value is -1.36. The molecule has 78 valence electrons. The zero-order valence-corrected chi connectivity index (χ0v) is 8.16. The first-order valence-corrected chi connectivity index (χ1v) is 4.13. The quantitative estimate of drug-likeness (QED) is 0.375. The lowest BCUT2D eigenvalue weighted by Gasteiger charge is -2.22. The van der Waals surface area contributed by atoms with Gasteiger partial charge in [-0.25, -0.2) is 9.59 Å². The molecular weight excluding hydrogens is 188 g/mol. The lowest BCUT2D eigenvalue weighted by atomic mass is 10.2. The Morgan fingerprint density at radius 2 is 2.29 bits per heavy atom. The zero-order valence-electron chi connectivity index (χ0n) is 8.16. The van der Waals surface area contributed by atoms with Gasteiger partial charge in [-0.2, -0.15) is 0 Å². The van der Waals surface area contributed by atoms with Crippen LogP contribution in [0, 0.1) is 0 Å². The molecule has 1 aliphatic heterocycles. The number of carbonyl (C=O) groups excluding carboxylic acids is 2. The van der Waals surface area contributed by atoms with E-state index in [2.05, 4.69) is 11.3 Å². The minimum atomic E-state index is -1.57. The zero-order chi connectivity index (χ0) is 10.8. The molecule has 0 aromatic heterocycles. The molecule has 5 nitrogen and oxygen atoms in total. The number of hydrogen-bond donors (Lipinski definition) is 0. The Balaban J connectivity index is 2.76. The van der Waals surface area contributed by atoms with E-state index in [4.69, 9.17) is 9.47 Å². The third-order valence-electron chi connectivity index (χ3n) is 1.91. The molecule has 0 saturated carbocycles. The van der Waals surface area contributed by atoms with E-state index >= 15 is 0 Å². The van der Waals surface area contributed by atoms with Crippen molar-refractivity contribution >= 4 is 11.9 Å². The predicted molar refractivity (Wildman–Crippen MR) is 46.2 cm³/mol. The van der Waals surface area contributed by atoms with Crippen molar-refractivity contribution in [2.45, 2.75) is 19.1 Å². The average molecular weight is 200 g/mol. The van der Waals surface area contributed by atoms with Gasteiger partial charge in [0, 0.05) is 12.7 Å². The van der Waals surface area contributed by atoms with Crippen LogP contribution < -0.4 is 0 Å². The normalized spacial score (nSPS) is 25.7. The number of rotatable bonds is 3. The van der Waals surface area contributed by atoms with Gasteiger partial charge in [0.15, 0.2) is 0 Å². The van der Waals surface area contributed by atoms with Gasteiger partial charge in [0.25, 0.3) is 0 Å². The molecule has 1 aliphatic rings. The smallest absolute Gasteiger partial charge is 0.379 e. The van der Waals surface area contributed by atoms with E-state index < -0.39 is 17.7 Å². The van der Waals surface area contributed by atoms with Crippen LogP contribution in [0.3, 0.4) is 0 Å². The molecule has 1 heterocycles. The molecule has 1 fully saturated rings. The van der Waals surface area contributed by atoms with Crippen molar-refractivity contribution in [2.75, 3.05) is 13.7 Å². The minimum Gasteiger partial charge on any atom is -0.461 e. The number of ether oxygens (including phenoxy) is 3. The molecule has 0 N–H and O–H groups in total. The number of hydrogen-bond acceptors (Lipinski definition) is 5. The average Bonchev–Trinajstić information content (AvgIpc) is 2.48. The van der Waals surface area contributed by atoms with Crippen molar-refractivity contribution in [3.63, 3.8) is 0 Å². The summed E-state index contributed by atoms with van der Waals surface area (Å²) >= 11 is 0. The van der Waals surface area contributed by atoms with Crippen LogP contribution in [0.4, 0.5) is 0 Å². The van der Waals surface area contributed by atoms with Crippen molar-refractivity contribution in [3.05, 3.63) is 12.2 Å². The fourth-order valence-corrected chi connectivity index (χ4v) is 1.05. The predicted octanol–water partition coefficient (Wildman–Crippen LogP) is 0.395. The molecule has 0 aromatic carbocycles. The highest BCUT2D eigenvalue weighted by Crippen LogP contribution is 2.26. The third-order valence-corrected chi connectivity index (χ3v) is 1.91. The standard InChI is InChI=1S/C9H12O5/c1-6(2)7(10)14-9(12-3)4-5-13-8(9)11/h1,4-5H2,2-3H3. The molecule has 0 bridgehead atoms. The number of cyclic esters (lactones) is 1. The van der Waals surface area contributed by atoms with Crippen molar-refractivity contribution in [1.29, 1.82) is 0 Å². The highest BCUT2D eigenvalue weighted by molar-refractivity contribution is 5.90. The fraction of sp³-hybridized carbons (Fsp3) is 0.556. The molecule has 0 radical (unpaired) electrons. The van der Waals surface area contributed by atoms with E-state index in [0.717, 1.165) is 0 Å². The third kappa shape index (κ3) is 1.77. The summed E-state index contributed by atoms with van der Waals surface area (Å²) in [7, 11) is 1.29. The van der Waals surface area contributed by atoms with Crippen molar-refractivity contribution in [1.82, 2.24) is 0 Å². The first kappa shape index (κ1) is 10.7. The van der Waals surface area contributed by atoms with E-state index in [-0.39, 0.29) is 18.6 Å². The van der Waals surface area contributed by atoms with Crippen LogP contribution in [0.2, 0.25) is 0 Å². The second kappa shape index (κ2) is 3.79. The molecule has 14 heavy (non-hydrogen) atoms. The lowest BCUT2D eigenvalue weighted by Crippen LogP contribution is -2.41. The summed E-state index contributed by atoms with van der Waals surface area (Å²) in [6.07, 6.45) is 0.210. The maximum Gasteiger partial charge on any atom is 0.379 e. The first-order chi connectivity index (χ1) is 6.52. The van der Waals surface area contributed by atoms with Gasteiger partial charge in [0.05, 0.1) is 13.0 Å². The molecule has 0 aromatic rings. The van der Waals surface area contributed by atoms with E-state index in [9.17, 15) is 9.59 Å². The van der Waals surface area contributed by atoms with Crippen molar-refractivity contribution in [3.8, 4) is 0 Å². The Labute approximate surface area is 81.6 Å². The van der Waals surface area contributed by atoms with Gasteiger partial charge in [-0.15, -0.1) is 0 Å². The molecule has 0 amide bonds. The van der Waals surface area contributed by atoms with Gasteiger partial charge < -0.3 is 14.2 Å². The Morgan fingerprint density at radius 3 is 2.64 bits per heavy atom. The maximum atomic E-state index is 11.2. The molecule has 1 rings (SSSR count). The minimum absolute atomic E-state index is 0.191. The molecule has 1 atom stereocenters. The van der Waals surface area contributed by atoms with E-state index in [1.54, 1.807) is 0 Å². The molecule has 0 aliphatic carbocycles. The van der Waals surface area contributed by atoms with Crippen molar-refractivity contribution in [2.24, 2.45) is 0 Å². The highest BCUT2D eigenvalue weighted by atomic mass is 16.7. The number of esters is 2. The van der Waals surface area contributed by atoms with Crippen LogP contribution in [-0.2, 0) is 23.8 Å². The number of carbonyl (C=O) groups is 2. The highest BCUT2D eigenvalue weighted by Gasteiger charge is 2.49. The van der Waals surface area contributed by atoms with Crippen LogP contribution in [-0.4, -0.2) is 31.4 Å². The Morgan fingerprint density at radius 1 is 1.64 bits per heavy atom. The first-order valence-electron chi connectivity index (χ1n) is 4.13. The molecule has 0 spiro atoms. The summed E-state index contributed by atoms with van der Waals surface area (Å²) in [6, 6.07) is 0. The summed E-state index contributed by atoms with van der Waals surface area (Å²) < 4.78 is 14.4. The van der Waals surface area contributed by atoms with Gasteiger partial charge in [-0.05, 0) is 6.92 Å². The van der Waals surface area contributed by atoms with E-state index in [0.29, 0.717) is 0 Å². The van der Waals surface area contributed by atoms with Gasteiger partial charge in [-0.3, -0.25) is 0 Å². The van der Waals surface area contributed by atoms with E-state index in [1.807, 2.05) is 0 Å². The molecule has 1 saturated heterocycles. The summed E-state index contributed by atoms with van der Waals surface area (Å²) in [5.74, 6) is -2.91. The second-order valence-electron chi connectivity index (χ2n) is 3.01. The maximum absolute atomic E-state index is 11.2. The summed E-state index contributed by atoms with van der Waals surface area (Å²) in [6.45, 7) is 5.09. The van der Waals surface area contributed by atoms with Crippen LogP contribution in [0.15, 0.2) is 12.2 Å². The van der Waals surface area contributed by atoms with Crippen molar-refractivity contribution < 1.29 is 23.8 Å². The topological polar surface area (TPSA) is 61.8 Å². The molecule has 5 heteroatoms. The van der Waals surface area contributed by atoms with Crippen LogP contribution in [0.1, 0.15) is 13.3 Å². The van der Waals surface area contributed by atoms with Gasteiger partial charge >= 0.3 is 17.7 Å². The lowest BCUT2D eigenvalue weighted by molar-refractivity contribution is -0.218. The largest absolute Gasteiger partial charge is 0.461 e. The van der Waals surface area contributed by atoms with Crippen LogP contribution in [0.5, 0.6) is 0 Å². The SMILES string of the molecule is C=C(C)C(=O)OC1(OC)CCOC1=O. The van der Waals surface area contributed by atoms with Gasteiger partial charge in [-0.1, -0.05) is 6.58 Å². The Kier molecular flexibility index (Phi) is 2.90. The summed E-state index contributed by atoms with van der Waals surface area (Å²) in [5.41, 5.74) is 0.209. The van der Waals surface area contributed by atoms with E-state index in [1.165, 1.54) is 14.0 Å². The summed E-state index contributed by atoms with van der Waals surface area (Å²) in [4.78, 5) is 22.4. The van der Waals surface area contributed by atoms with Gasteiger partial charge in [0.1, 0.15) is 0 Å². The van der Waals surface area contributed by atoms with Gasteiger partial charge in [0.2, 0.25) is 0 Å². The monoisotopic (exact) mass is 200 g/mol. The fourth-order valence-electron chi connectivity index (χ4n) is 1.05. The second-order valence-corrected chi connectivity index (χ2v) is 3.01. The molecular formula is C9H12O5. The molecule has 1 unspecified atom stereocenters. The van der Waals surface area contributed by atoms with Crippen LogP contribution in [0.25, 0.3) is 0 Å². The Bertz CT molecular complexity index is 283.